The van der Waals surface area contributed by atoms with E-state index >= 15 is 0 Å². The van der Waals surface area contributed by atoms with Crippen LogP contribution in [0.1, 0.15) is 0 Å². The molecule has 0 aliphatic heterocycles. The van der Waals surface area contributed by atoms with Gasteiger partial charge >= 0.3 is 0 Å². The van der Waals surface area contributed by atoms with Gasteiger partial charge in [-0.15, -0.1) is 0 Å². The third-order valence-corrected chi connectivity index (χ3v) is 25.5. The highest BCUT2D eigenvalue weighted by Gasteiger charge is 2.23. The summed E-state index contributed by atoms with van der Waals surface area (Å²) in [6.07, 6.45) is 0. The summed E-state index contributed by atoms with van der Waals surface area (Å²) in [5.74, 6) is 0. The highest BCUT2D eigenvalue weighted by molar-refractivity contribution is 6.16. The third kappa shape index (κ3) is 12.5. The lowest BCUT2D eigenvalue weighted by atomic mass is 9.93. The summed E-state index contributed by atoms with van der Waals surface area (Å²) in [5, 5.41) is 9.65. The van der Waals surface area contributed by atoms with Crippen LogP contribution in [0.4, 0.5) is 0 Å². The van der Waals surface area contributed by atoms with Crippen LogP contribution in [0.15, 0.2) is 473 Å². The van der Waals surface area contributed by atoms with Crippen LogP contribution in [0.5, 0.6) is 0 Å². The van der Waals surface area contributed by atoms with Gasteiger partial charge in [-0.1, -0.05) is 291 Å². The molecule has 0 bridgehead atoms. The zero-order chi connectivity index (χ0) is 81.7. The monoisotopic (exact) mass is 1570 g/mol. The highest BCUT2D eigenvalue weighted by Crippen LogP contribution is 2.46. The number of hydrogen-bond acceptors (Lipinski definition) is 0. The number of para-hydroxylation sites is 4. The van der Waals surface area contributed by atoms with Crippen LogP contribution >= 0.6 is 0 Å². The maximum absolute atomic E-state index is 2.48. The van der Waals surface area contributed by atoms with Crippen molar-refractivity contribution in [3.8, 4) is 145 Å². The molecule has 0 N–H and O–H groups in total. The Kier molecular flexibility index (Phi) is 17.2. The van der Waals surface area contributed by atoms with Gasteiger partial charge in [-0.2, -0.15) is 0 Å². The topological polar surface area (TPSA) is 19.7 Å². The second-order valence-electron chi connectivity index (χ2n) is 32.8. The third-order valence-electron chi connectivity index (χ3n) is 25.5. The molecule has 0 fully saturated rings. The summed E-state index contributed by atoms with van der Waals surface area (Å²) in [7, 11) is 0. The average molecular weight is 1580 g/mol. The maximum Gasteiger partial charge on any atom is 0.0541 e. The second kappa shape index (κ2) is 29.8. The molecule has 24 aromatic rings. The van der Waals surface area contributed by atoms with Gasteiger partial charge in [0.25, 0.3) is 0 Å². The molecule has 20 aromatic carbocycles. The normalized spacial score (nSPS) is 11.7. The molecule has 4 nitrogen and oxygen atoms in total. The van der Waals surface area contributed by atoms with Gasteiger partial charge in [0, 0.05) is 65.8 Å². The lowest BCUT2D eigenvalue weighted by molar-refractivity contribution is 1.18. The predicted molar refractivity (Wildman–Crippen MR) is 524 cm³/mol. The van der Waals surface area contributed by atoms with E-state index in [4.69, 9.17) is 0 Å². The summed E-state index contributed by atoms with van der Waals surface area (Å²) in [6.45, 7) is 0. The molecule has 4 heterocycles. The van der Waals surface area contributed by atoms with E-state index in [1.165, 1.54) is 121 Å². The molecule has 24 rings (SSSR count). The van der Waals surface area contributed by atoms with Crippen molar-refractivity contribution in [1.29, 1.82) is 0 Å². The fraction of sp³-hybridized carbons (Fsp3) is 0. The van der Waals surface area contributed by atoms with E-state index in [0.717, 1.165) is 112 Å². The first-order chi connectivity index (χ1) is 61.4. The smallest absolute Gasteiger partial charge is 0.0541 e. The van der Waals surface area contributed by atoms with Crippen LogP contribution < -0.4 is 0 Å². The Balaban J connectivity index is 0.627. The van der Waals surface area contributed by atoms with E-state index in [1.807, 2.05) is 0 Å². The molecule has 0 radical (unpaired) electrons. The van der Waals surface area contributed by atoms with Gasteiger partial charge in [0.05, 0.1) is 44.1 Å². The zero-order valence-corrected chi connectivity index (χ0v) is 67.8. The van der Waals surface area contributed by atoms with Crippen LogP contribution in [0.25, 0.3) is 232 Å². The highest BCUT2D eigenvalue weighted by atomic mass is 15.0. The molecule has 0 saturated heterocycles. The number of benzene rings is 20. The molecule has 0 unspecified atom stereocenters. The minimum Gasteiger partial charge on any atom is -0.309 e. The number of nitrogens with zero attached hydrogens (tertiary/aromatic N) is 4. The van der Waals surface area contributed by atoms with Crippen molar-refractivity contribution in [2.75, 3.05) is 0 Å². The van der Waals surface area contributed by atoms with Crippen LogP contribution in [-0.4, -0.2) is 18.3 Å². The van der Waals surface area contributed by atoms with Crippen LogP contribution in [-0.2, 0) is 0 Å². The minimum atomic E-state index is 1.10. The number of rotatable bonds is 15. The SMILES string of the molecule is c1ccc(-c2cc(-c3ccccc3)cc(-c3cccc(-n4c5ccc(-c6cccc(-c7cccc(-c8ccc9c(c8)c8cc(-c%10ccc%11c(c%10)c%10ccccc%10n%11-c%10ccccc%10)ccc8n9-c8cccc(-c9cc(-c%10ccccc%10)cc(-c%10ccccc%10)c9)c8)c7)c6)cc5c5cc(-c6ccc7c(c6)c6ccccc6n7-c6ccccc6)ccc54)c3)c2)cc1. The van der Waals surface area contributed by atoms with E-state index in [-0.39, 0.29) is 0 Å². The lowest BCUT2D eigenvalue weighted by Crippen LogP contribution is -1.95. The van der Waals surface area contributed by atoms with Crippen LogP contribution in [0.3, 0.4) is 0 Å². The molecule has 124 heavy (non-hydrogen) atoms. The van der Waals surface area contributed by atoms with Crippen molar-refractivity contribution >= 4 is 87.2 Å². The standard InChI is InChI=1S/C120H78N4/c1-7-27-79(28-8-1)95-65-96(80-29-9-2-10-30-80)68-99(67-95)87-39-25-45-103(71-87)123-117-59-51-89(75-109(117)111-77-93(55-61-119(111)123)91-53-57-115-107(73-91)105-47-19-21-49-113(105)121(115)101-41-15-5-16-42-101)85-37-23-35-83(63-85)84-36-24-38-86(64-84)90-52-60-118-110(76-90)112-78-94(92-54-58-116-108(74-92)106-48-20-22-50-114(106)122(116)102-43-17-6-18-44-102)56-62-120(112)124(118)104-46-26-40-88(72-104)100-69-97(81-31-11-3-12-32-81)66-98(70-100)82-33-13-4-14-34-82/h1-78H. The molecule has 0 spiro atoms. The van der Waals surface area contributed by atoms with Crippen molar-refractivity contribution in [3.05, 3.63) is 473 Å². The maximum atomic E-state index is 2.48. The Bertz CT molecular complexity index is 7710. The summed E-state index contributed by atoms with van der Waals surface area (Å²) in [5.41, 5.74) is 39.4. The molecule has 0 aliphatic carbocycles. The Labute approximate surface area is 718 Å². The quantitative estimate of drug-likeness (QED) is 0.0975. The van der Waals surface area contributed by atoms with Crippen molar-refractivity contribution in [2.45, 2.75) is 0 Å². The van der Waals surface area contributed by atoms with Crippen molar-refractivity contribution in [1.82, 2.24) is 18.3 Å². The molecule has 0 atom stereocenters. The van der Waals surface area contributed by atoms with Crippen LogP contribution in [0, 0.1) is 0 Å². The van der Waals surface area contributed by atoms with Gasteiger partial charge < -0.3 is 18.3 Å². The van der Waals surface area contributed by atoms with E-state index in [9.17, 15) is 0 Å². The summed E-state index contributed by atoms with van der Waals surface area (Å²) < 4.78 is 9.75. The first-order valence-corrected chi connectivity index (χ1v) is 42.7. The van der Waals surface area contributed by atoms with Crippen molar-refractivity contribution in [3.63, 3.8) is 0 Å². The molecule has 0 aliphatic rings. The second-order valence-corrected chi connectivity index (χ2v) is 32.8. The van der Waals surface area contributed by atoms with Crippen molar-refractivity contribution in [2.24, 2.45) is 0 Å². The molecule has 4 heteroatoms. The lowest BCUT2D eigenvalue weighted by Gasteiger charge is -2.14. The fourth-order valence-electron chi connectivity index (χ4n) is 19.5. The van der Waals surface area contributed by atoms with E-state index in [0.29, 0.717) is 0 Å². The molecular weight excluding hydrogens is 1500 g/mol. The Hall–Kier alpha value is -16.4. The minimum absolute atomic E-state index is 1.10. The first kappa shape index (κ1) is 71.7. The van der Waals surface area contributed by atoms with Gasteiger partial charge in [-0.3, -0.25) is 0 Å². The summed E-state index contributed by atoms with van der Waals surface area (Å²) in [4.78, 5) is 0. The molecule has 4 aromatic heterocycles. The summed E-state index contributed by atoms with van der Waals surface area (Å²) >= 11 is 0. The molecule has 0 saturated carbocycles. The number of aromatic nitrogens is 4. The summed E-state index contributed by atoms with van der Waals surface area (Å²) in [6, 6.07) is 175. The van der Waals surface area contributed by atoms with Gasteiger partial charge in [0.1, 0.15) is 0 Å². The first-order valence-electron chi connectivity index (χ1n) is 42.7. The number of fused-ring (bicyclic) bond motifs is 12. The number of hydrogen-bond donors (Lipinski definition) is 0. The van der Waals surface area contributed by atoms with Crippen LogP contribution in [0.2, 0.25) is 0 Å². The molecule has 0 amide bonds. The largest absolute Gasteiger partial charge is 0.309 e. The van der Waals surface area contributed by atoms with E-state index in [2.05, 4.69) is 491 Å². The Morgan fingerprint density at radius 1 is 0.0887 bits per heavy atom. The Morgan fingerprint density at radius 2 is 0.258 bits per heavy atom. The van der Waals surface area contributed by atoms with E-state index in [1.54, 1.807) is 0 Å². The van der Waals surface area contributed by atoms with Crippen molar-refractivity contribution < 1.29 is 0 Å². The zero-order valence-electron chi connectivity index (χ0n) is 67.8. The van der Waals surface area contributed by atoms with Gasteiger partial charge in [-0.25, -0.2) is 0 Å². The van der Waals surface area contributed by atoms with Gasteiger partial charge in [-0.05, 0) is 304 Å². The average Bonchev–Trinajstić information content (AvgIpc) is 1.58. The van der Waals surface area contributed by atoms with Gasteiger partial charge in [0.15, 0.2) is 0 Å². The molecular formula is C120H78N4. The Morgan fingerprint density at radius 3 is 0.532 bits per heavy atom. The van der Waals surface area contributed by atoms with E-state index < -0.39 is 0 Å². The molecule has 578 valence electrons. The fourth-order valence-corrected chi connectivity index (χ4v) is 19.5. The predicted octanol–water partition coefficient (Wildman–Crippen LogP) is 32.4. The van der Waals surface area contributed by atoms with Gasteiger partial charge in [0.2, 0.25) is 0 Å².